The maximum atomic E-state index is 12.2. The van der Waals surface area contributed by atoms with Crippen LogP contribution in [0.4, 0.5) is 5.82 Å². The molecule has 1 aromatic rings. The van der Waals surface area contributed by atoms with E-state index in [1.165, 1.54) is 12.3 Å². The third-order valence-corrected chi connectivity index (χ3v) is 4.99. The van der Waals surface area contributed by atoms with Crippen LogP contribution in [0.2, 0.25) is 0 Å². The average molecular weight is 317 g/mol. The van der Waals surface area contributed by atoms with Crippen molar-refractivity contribution >= 4 is 27.6 Å². The monoisotopic (exact) mass is 317 g/mol. The molecule has 0 bridgehead atoms. The molecule has 0 radical (unpaired) electrons. The van der Waals surface area contributed by atoms with E-state index < -0.39 is 10.0 Å². The predicted octanol–water partition coefficient (Wildman–Crippen LogP) is 2.18. The zero-order valence-electron chi connectivity index (χ0n) is 12.2. The van der Waals surface area contributed by atoms with E-state index in [1.54, 1.807) is 17.8 Å². The molecule has 0 fully saturated rings. The first-order valence-electron chi connectivity index (χ1n) is 6.68. The van der Waals surface area contributed by atoms with Crippen molar-refractivity contribution in [3.8, 4) is 0 Å². The summed E-state index contributed by atoms with van der Waals surface area (Å²) in [4.78, 5) is 4.36. The molecule has 0 saturated heterocycles. The maximum Gasteiger partial charge on any atom is 0.240 e. The number of nitrogens with zero attached hydrogens (tertiary/aromatic N) is 1. The van der Waals surface area contributed by atoms with Gasteiger partial charge < -0.3 is 5.32 Å². The Labute approximate surface area is 126 Å². The van der Waals surface area contributed by atoms with Gasteiger partial charge in [0.05, 0.1) is 4.90 Å². The first kappa shape index (κ1) is 17.3. The number of pyridine rings is 1. The van der Waals surface area contributed by atoms with Crippen LogP contribution in [0.5, 0.6) is 0 Å². The first-order valence-corrected chi connectivity index (χ1v) is 9.55. The molecular weight excluding hydrogens is 294 g/mol. The molecule has 0 aliphatic rings. The molecule has 1 heterocycles. The van der Waals surface area contributed by atoms with Crippen molar-refractivity contribution in [1.29, 1.82) is 0 Å². The van der Waals surface area contributed by atoms with Crippen molar-refractivity contribution in [3.63, 3.8) is 0 Å². The van der Waals surface area contributed by atoms with Crippen LogP contribution >= 0.6 is 11.8 Å². The van der Waals surface area contributed by atoms with E-state index in [4.69, 9.17) is 0 Å². The van der Waals surface area contributed by atoms with Gasteiger partial charge in [-0.3, -0.25) is 0 Å². The van der Waals surface area contributed by atoms with Gasteiger partial charge in [-0.2, -0.15) is 11.8 Å². The first-order chi connectivity index (χ1) is 9.49. The average Bonchev–Trinajstić information content (AvgIpc) is 2.44. The number of rotatable bonds is 9. The molecule has 1 unspecified atom stereocenters. The molecular formula is C13H23N3O2S2. The Morgan fingerprint density at radius 1 is 1.45 bits per heavy atom. The molecule has 0 saturated carbocycles. The molecule has 7 heteroatoms. The molecule has 0 spiro atoms. The number of hydrogen-bond donors (Lipinski definition) is 2. The normalized spacial score (nSPS) is 13.2. The van der Waals surface area contributed by atoms with Gasteiger partial charge in [0.25, 0.3) is 0 Å². The SMILES string of the molecule is CCCNc1cc(S(=O)(=O)NCC(C)CSC)ccn1. The molecule has 20 heavy (non-hydrogen) atoms. The van der Waals surface area contributed by atoms with Crippen LogP contribution in [0.25, 0.3) is 0 Å². The number of thioether (sulfide) groups is 1. The quantitative estimate of drug-likeness (QED) is 0.730. The topological polar surface area (TPSA) is 71.1 Å². The summed E-state index contributed by atoms with van der Waals surface area (Å²) < 4.78 is 27.0. The fourth-order valence-electron chi connectivity index (χ4n) is 1.61. The molecule has 1 aromatic heterocycles. The lowest BCUT2D eigenvalue weighted by Crippen LogP contribution is -2.29. The van der Waals surface area contributed by atoms with Crippen molar-refractivity contribution in [1.82, 2.24) is 9.71 Å². The zero-order chi connectivity index (χ0) is 15.0. The molecule has 0 aliphatic heterocycles. The summed E-state index contributed by atoms with van der Waals surface area (Å²) in [5.41, 5.74) is 0. The Kier molecular flexibility index (Phi) is 7.32. The van der Waals surface area contributed by atoms with Gasteiger partial charge in [0.2, 0.25) is 10.0 Å². The van der Waals surface area contributed by atoms with Gasteiger partial charge in [0.15, 0.2) is 0 Å². The molecule has 0 aromatic carbocycles. The maximum absolute atomic E-state index is 12.2. The van der Waals surface area contributed by atoms with Crippen molar-refractivity contribution in [2.45, 2.75) is 25.2 Å². The largest absolute Gasteiger partial charge is 0.370 e. The summed E-state index contributed by atoms with van der Waals surface area (Å²) in [7, 11) is -3.46. The zero-order valence-corrected chi connectivity index (χ0v) is 13.9. The minimum atomic E-state index is -3.46. The van der Waals surface area contributed by atoms with Gasteiger partial charge in [0.1, 0.15) is 5.82 Å². The lowest BCUT2D eigenvalue weighted by Gasteiger charge is -2.12. The van der Waals surface area contributed by atoms with E-state index in [2.05, 4.69) is 15.0 Å². The van der Waals surface area contributed by atoms with Gasteiger partial charge >= 0.3 is 0 Å². The van der Waals surface area contributed by atoms with E-state index in [0.717, 1.165) is 18.7 Å². The Balaban J connectivity index is 2.71. The lowest BCUT2D eigenvalue weighted by molar-refractivity contribution is 0.562. The highest BCUT2D eigenvalue weighted by atomic mass is 32.2. The van der Waals surface area contributed by atoms with Crippen LogP contribution in [0.3, 0.4) is 0 Å². The number of aromatic nitrogens is 1. The standard InChI is InChI=1S/C13H23N3O2S2/c1-4-6-14-13-8-12(5-7-15-13)20(17,18)16-9-11(2)10-19-3/h5,7-8,11,16H,4,6,9-10H2,1-3H3,(H,14,15). The van der Waals surface area contributed by atoms with E-state index in [-0.39, 0.29) is 4.90 Å². The number of anilines is 1. The van der Waals surface area contributed by atoms with Crippen molar-refractivity contribution < 1.29 is 8.42 Å². The Bertz CT molecular complexity index is 506. The fraction of sp³-hybridized carbons (Fsp3) is 0.615. The minimum absolute atomic E-state index is 0.252. The lowest BCUT2D eigenvalue weighted by atomic mass is 10.2. The molecule has 1 rings (SSSR count). The highest BCUT2D eigenvalue weighted by Gasteiger charge is 2.15. The number of hydrogen-bond acceptors (Lipinski definition) is 5. The molecule has 1 atom stereocenters. The van der Waals surface area contributed by atoms with Crippen LogP contribution < -0.4 is 10.0 Å². The third kappa shape index (κ3) is 5.68. The van der Waals surface area contributed by atoms with Crippen LogP contribution in [-0.4, -0.2) is 38.5 Å². The van der Waals surface area contributed by atoms with Crippen LogP contribution in [0.1, 0.15) is 20.3 Å². The summed E-state index contributed by atoms with van der Waals surface area (Å²) in [5.74, 6) is 1.83. The summed E-state index contributed by atoms with van der Waals surface area (Å²) in [5, 5.41) is 3.09. The van der Waals surface area contributed by atoms with Crippen molar-refractivity contribution in [2.24, 2.45) is 5.92 Å². The minimum Gasteiger partial charge on any atom is -0.370 e. The van der Waals surface area contributed by atoms with Gasteiger partial charge in [-0.25, -0.2) is 18.1 Å². The molecule has 0 amide bonds. The van der Waals surface area contributed by atoms with E-state index in [1.807, 2.05) is 20.1 Å². The van der Waals surface area contributed by atoms with E-state index in [0.29, 0.717) is 18.3 Å². The molecule has 2 N–H and O–H groups in total. The Morgan fingerprint density at radius 3 is 2.85 bits per heavy atom. The van der Waals surface area contributed by atoms with E-state index >= 15 is 0 Å². The van der Waals surface area contributed by atoms with Crippen LogP contribution in [0.15, 0.2) is 23.2 Å². The Hall–Kier alpha value is -0.790. The second kappa shape index (κ2) is 8.49. The van der Waals surface area contributed by atoms with Gasteiger partial charge in [-0.1, -0.05) is 13.8 Å². The highest BCUT2D eigenvalue weighted by molar-refractivity contribution is 7.98. The van der Waals surface area contributed by atoms with E-state index in [9.17, 15) is 8.42 Å². The number of sulfonamides is 1. The highest BCUT2D eigenvalue weighted by Crippen LogP contribution is 2.13. The summed E-state index contributed by atoms with van der Waals surface area (Å²) in [6.45, 7) is 5.29. The molecule has 114 valence electrons. The van der Waals surface area contributed by atoms with Gasteiger partial charge in [-0.15, -0.1) is 0 Å². The summed E-state index contributed by atoms with van der Waals surface area (Å²) in [6, 6.07) is 3.08. The summed E-state index contributed by atoms with van der Waals surface area (Å²) >= 11 is 1.71. The molecule has 0 aliphatic carbocycles. The second-order valence-electron chi connectivity index (χ2n) is 4.72. The van der Waals surface area contributed by atoms with Gasteiger partial charge in [-0.05, 0) is 30.4 Å². The second-order valence-corrected chi connectivity index (χ2v) is 7.39. The van der Waals surface area contributed by atoms with Gasteiger partial charge in [0, 0.05) is 25.4 Å². The Morgan fingerprint density at radius 2 is 2.20 bits per heavy atom. The number of nitrogens with one attached hydrogen (secondary N) is 2. The van der Waals surface area contributed by atoms with Crippen molar-refractivity contribution in [3.05, 3.63) is 18.3 Å². The van der Waals surface area contributed by atoms with Crippen molar-refractivity contribution in [2.75, 3.05) is 30.4 Å². The smallest absolute Gasteiger partial charge is 0.240 e. The van der Waals surface area contributed by atoms with Crippen LogP contribution in [0, 0.1) is 5.92 Å². The molecule has 5 nitrogen and oxygen atoms in total. The fourth-order valence-corrected chi connectivity index (χ4v) is 3.47. The summed E-state index contributed by atoms with van der Waals surface area (Å²) in [6.07, 6.45) is 4.49. The predicted molar refractivity (Wildman–Crippen MR) is 85.8 cm³/mol. The third-order valence-electron chi connectivity index (χ3n) is 2.67. The van der Waals surface area contributed by atoms with Crippen LogP contribution in [-0.2, 0) is 10.0 Å².